The van der Waals surface area contributed by atoms with Crippen LogP contribution >= 0.6 is 11.6 Å². The molecule has 1 aromatic rings. The maximum absolute atomic E-state index is 6.09. The van der Waals surface area contributed by atoms with Crippen molar-refractivity contribution < 1.29 is 0 Å². The van der Waals surface area contributed by atoms with Crippen LogP contribution in [0.4, 0.5) is 0 Å². The van der Waals surface area contributed by atoms with Crippen LogP contribution in [0.15, 0.2) is 24.3 Å². The van der Waals surface area contributed by atoms with Crippen LogP contribution < -0.4 is 0 Å². The molecule has 2 rings (SSSR count). The molecule has 1 aromatic carbocycles. The number of likely N-dealkylation sites (tertiary alicyclic amines) is 1. The zero-order valence-corrected chi connectivity index (χ0v) is 9.13. The number of nitrogens with zero attached hydrogens (tertiary/aromatic N) is 1. The molecule has 0 radical (unpaired) electrons. The standard InChI is InChI=1S/C12H16ClN/c13-12-6-2-1-5-11(12)7-10-14-8-3-4-9-14/h1-2,5-6H,3-4,7-10H2. The molecule has 0 atom stereocenters. The van der Waals surface area contributed by atoms with Gasteiger partial charge in [0.05, 0.1) is 0 Å². The van der Waals surface area contributed by atoms with Gasteiger partial charge in [0.15, 0.2) is 0 Å². The van der Waals surface area contributed by atoms with Gasteiger partial charge in [-0.3, -0.25) is 0 Å². The van der Waals surface area contributed by atoms with Crippen molar-refractivity contribution in [2.24, 2.45) is 0 Å². The zero-order chi connectivity index (χ0) is 9.80. The van der Waals surface area contributed by atoms with Gasteiger partial charge in [0, 0.05) is 11.6 Å². The quantitative estimate of drug-likeness (QED) is 0.740. The molecule has 0 bridgehead atoms. The van der Waals surface area contributed by atoms with Crippen LogP contribution in [0.5, 0.6) is 0 Å². The lowest BCUT2D eigenvalue weighted by molar-refractivity contribution is 0.343. The van der Waals surface area contributed by atoms with Crippen molar-refractivity contribution in [1.82, 2.24) is 4.90 Å². The van der Waals surface area contributed by atoms with Gasteiger partial charge in [-0.15, -0.1) is 0 Å². The Hall–Kier alpha value is -0.530. The largest absolute Gasteiger partial charge is 0.303 e. The fourth-order valence-electron chi connectivity index (χ4n) is 1.99. The molecule has 0 aromatic heterocycles. The highest BCUT2D eigenvalue weighted by atomic mass is 35.5. The van der Waals surface area contributed by atoms with Gasteiger partial charge in [0.2, 0.25) is 0 Å². The monoisotopic (exact) mass is 209 g/mol. The Morgan fingerprint density at radius 1 is 1.14 bits per heavy atom. The average molecular weight is 210 g/mol. The Bertz CT molecular complexity index is 292. The van der Waals surface area contributed by atoms with E-state index in [9.17, 15) is 0 Å². The molecule has 1 saturated heterocycles. The third kappa shape index (κ3) is 2.49. The maximum atomic E-state index is 6.09. The third-order valence-corrected chi connectivity index (χ3v) is 3.22. The van der Waals surface area contributed by atoms with Crippen LogP contribution in [-0.4, -0.2) is 24.5 Å². The summed E-state index contributed by atoms with van der Waals surface area (Å²) in [6.07, 6.45) is 3.81. The molecule has 0 N–H and O–H groups in total. The molecule has 1 aliphatic heterocycles. The molecule has 0 amide bonds. The second-order valence-electron chi connectivity index (χ2n) is 3.89. The van der Waals surface area contributed by atoms with E-state index in [1.54, 1.807) is 0 Å². The van der Waals surface area contributed by atoms with E-state index in [0.29, 0.717) is 0 Å². The molecule has 0 aliphatic carbocycles. The second-order valence-corrected chi connectivity index (χ2v) is 4.30. The van der Waals surface area contributed by atoms with Crippen molar-refractivity contribution >= 4 is 11.6 Å². The predicted octanol–water partition coefficient (Wildman–Crippen LogP) is 2.98. The van der Waals surface area contributed by atoms with E-state index in [1.807, 2.05) is 12.1 Å². The molecule has 1 fully saturated rings. The fraction of sp³-hybridized carbons (Fsp3) is 0.500. The highest BCUT2D eigenvalue weighted by Gasteiger charge is 2.11. The molecule has 0 saturated carbocycles. The first kappa shape index (κ1) is 10.0. The van der Waals surface area contributed by atoms with Crippen LogP contribution in [-0.2, 0) is 6.42 Å². The third-order valence-electron chi connectivity index (χ3n) is 2.85. The SMILES string of the molecule is Clc1ccccc1CCN1CCCC1. The minimum atomic E-state index is 0.909. The fourth-order valence-corrected chi connectivity index (χ4v) is 2.22. The lowest BCUT2D eigenvalue weighted by atomic mass is 10.1. The van der Waals surface area contributed by atoms with Gasteiger partial charge >= 0.3 is 0 Å². The Labute approximate surface area is 90.7 Å². The van der Waals surface area contributed by atoms with E-state index in [-0.39, 0.29) is 0 Å². The molecule has 1 aliphatic rings. The summed E-state index contributed by atoms with van der Waals surface area (Å²) in [6.45, 7) is 3.69. The van der Waals surface area contributed by atoms with Crippen molar-refractivity contribution in [2.45, 2.75) is 19.3 Å². The van der Waals surface area contributed by atoms with E-state index in [0.717, 1.165) is 18.0 Å². The van der Waals surface area contributed by atoms with Crippen LogP contribution in [0.3, 0.4) is 0 Å². The van der Waals surface area contributed by atoms with Crippen LogP contribution in [0.1, 0.15) is 18.4 Å². The van der Waals surface area contributed by atoms with Gasteiger partial charge in [0.25, 0.3) is 0 Å². The molecular formula is C12H16ClN. The lowest BCUT2D eigenvalue weighted by Gasteiger charge is -2.14. The molecule has 1 nitrogen and oxygen atoms in total. The summed E-state index contributed by atoms with van der Waals surface area (Å²) in [6, 6.07) is 8.14. The topological polar surface area (TPSA) is 3.24 Å². The lowest BCUT2D eigenvalue weighted by Crippen LogP contribution is -2.21. The normalized spacial score (nSPS) is 17.5. The summed E-state index contributed by atoms with van der Waals surface area (Å²) in [4.78, 5) is 2.52. The molecule has 76 valence electrons. The summed E-state index contributed by atoms with van der Waals surface area (Å²) in [5.41, 5.74) is 1.28. The minimum Gasteiger partial charge on any atom is -0.303 e. The summed E-state index contributed by atoms with van der Waals surface area (Å²) >= 11 is 6.09. The van der Waals surface area contributed by atoms with Gasteiger partial charge in [-0.2, -0.15) is 0 Å². The number of rotatable bonds is 3. The highest BCUT2D eigenvalue weighted by molar-refractivity contribution is 6.31. The average Bonchev–Trinajstić information content (AvgIpc) is 2.69. The van der Waals surface area contributed by atoms with Crippen LogP contribution in [0.2, 0.25) is 5.02 Å². The number of benzene rings is 1. The maximum Gasteiger partial charge on any atom is 0.0438 e. The molecule has 1 heterocycles. The summed E-state index contributed by atoms with van der Waals surface area (Å²) in [5.74, 6) is 0. The van der Waals surface area contributed by atoms with Crippen molar-refractivity contribution in [2.75, 3.05) is 19.6 Å². The van der Waals surface area contributed by atoms with Crippen LogP contribution in [0.25, 0.3) is 0 Å². The van der Waals surface area contributed by atoms with E-state index >= 15 is 0 Å². The van der Waals surface area contributed by atoms with Gasteiger partial charge in [-0.1, -0.05) is 29.8 Å². The molecule has 0 spiro atoms. The van der Waals surface area contributed by atoms with E-state index in [1.165, 1.54) is 31.5 Å². The van der Waals surface area contributed by atoms with Crippen molar-refractivity contribution in [3.63, 3.8) is 0 Å². The Morgan fingerprint density at radius 2 is 1.86 bits per heavy atom. The van der Waals surface area contributed by atoms with Gasteiger partial charge < -0.3 is 4.90 Å². The van der Waals surface area contributed by atoms with E-state index in [2.05, 4.69) is 17.0 Å². The van der Waals surface area contributed by atoms with Crippen LogP contribution in [0, 0.1) is 0 Å². The Morgan fingerprint density at radius 3 is 2.57 bits per heavy atom. The molecule has 0 unspecified atom stereocenters. The summed E-state index contributed by atoms with van der Waals surface area (Å²) in [7, 11) is 0. The first-order valence-corrected chi connectivity index (χ1v) is 5.70. The minimum absolute atomic E-state index is 0.909. The highest BCUT2D eigenvalue weighted by Crippen LogP contribution is 2.16. The van der Waals surface area contributed by atoms with E-state index < -0.39 is 0 Å². The van der Waals surface area contributed by atoms with Gasteiger partial charge in [-0.05, 0) is 44.0 Å². The first-order valence-electron chi connectivity index (χ1n) is 5.32. The van der Waals surface area contributed by atoms with Crippen molar-refractivity contribution in [3.8, 4) is 0 Å². The van der Waals surface area contributed by atoms with Gasteiger partial charge in [0.1, 0.15) is 0 Å². The zero-order valence-electron chi connectivity index (χ0n) is 8.38. The number of halogens is 1. The van der Waals surface area contributed by atoms with Gasteiger partial charge in [-0.25, -0.2) is 0 Å². The summed E-state index contributed by atoms with van der Waals surface area (Å²) in [5, 5.41) is 0.909. The molecular weight excluding hydrogens is 194 g/mol. The number of hydrogen-bond acceptors (Lipinski definition) is 1. The predicted molar refractivity (Wildman–Crippen MR) is 60.8 cm³/mol. The number of hydrogen-bond donors (Lipinski definition) is 0. The van der Waals surface area contributed by atoms with Crippen molar-refractivity contribution in [1.29, 1.82) is 0 Å². The summed E-state index contributed by atoms with van der Waals surface area (Å²) < 4.78 is 0. The Kier molecular flexibility index (Phi) is 3.44. The molecule has 14 heavy (non-hydrogen) atoms. The second kappa shape index (κ2) is 4.81. The molecule has 2 heteroatoms. The van der Waals surface area contributed by atoms with E-state index in [4.69, 9.17) is 11.6 Å². The van der Waals surface area contributed by atoms with Crippen molar-refractivity contribution in [3.05, 3.63) is 34.9 Å². The first-order chi connectivity index (χ1) is 6.86. The smallest absolute Gasteiger partial charge is 0.0438 e. The Balaban J connectivity index is 1.88.